The minimum Gasteiger partial charge on any atom is -0.496 e. The first-order valence-electron chi connectivity index (χ1n) is 5.56. The highest BCUT2D eigenvalue weighted by Gasteiger charge is 2.14. The van der Waals surface area contributed by atoms with E-state index in [4.69, 9.17) is 21.1 Å². The van der Waals surface area contributed by atoms with Crippen molar-refractivity contribution in [3.8, 4) is 11.5 Å². The Bertz CT molecular complexity index is 641. The van der Waals surface area contributed by atoms with Crippen molar-refractivity contribution >= 4 is 35.0 Å². The first kappa shape index (κ1) is 14.5. The second-order valence-corrected chi connectivity index (χ2v) is 4.73. The molecule has 5 nitrogen and oxygen atoms in total. The predicted octanol–water partition coefficient (Wildman–Crippen LogP) is 3.10. The molecule has 0 bridgehead atoms. The Labute approximate surface area is 125 Å². The first-order valence-corrected chi connectivity index (χ1v) is 6.78. The summed E-state index contributed by atoms with van der Waals surface area (Å²) in [6.07, 6.45) is 2.99. The molecule has 1 aromatic heterocycles. The number of carbonyl (C=O) groups is 1. The van der Waals surface area contributed by atoms with Gasteiger partial charge in [0.15, 0.2) is 5.78 Å². The summed E-state index contributed by atoms with van der Waals surface area (Å²) in [6.45, 7) is 0. The van der Waals surface area contributed by atoms with Crippen LogP contribution in [0.3, 0.4) is 0 Å². The lowest BCUT2D eigenvalue weighted by Crippen LogP contribution is -2.00. The lowest BCUT2D eigenvalue weighted by atomic mass is 10.1. The number of hydrogen-bond donors (Lipinski definition) is 0. The lowest BCUT2D eigenvalue weighted by molar-refractivity contribution is 0.104. The van der Waals surface area contributed by atoms with Crippen molar-refractivity contribution in [2.75, 3.05) is 14.2 Å². The molecule has 0 radical (unpaired) electrons. The number of ketones is 1. The van der Waals surface area contributed by atoms with Gasteiger partial charge in [0.05, 0.1) is 30.5 Å². The van der Waals surface area contributed by atoms with Gasteiger partial charge in [-0.15, -0.1) is 5.10 Å². The van der Waals surface area contributed by atoms with Crippen LogP contribution in [-0.2, 0) is 0 Å². The van der Waals surface area contributed by atoms with Gasteiger partial charge < -0.3 is 9.47 Å². The molecule has 1 heterocycles. The fraction of sp³-hybridized carbons (Fsp3) is 0.154. The van der Waals surface area contributed by atoms with Crippen LogP contribution in [0.15, 0.2) is 23.6 Å². The third kappa shape index (κ3) is 3.15. The summed E-state index contributed by atoms with van der Waals surface area (Å²) in [7, 11) is 2.98. The van der Waals surface area contributed by atoms with Crippen molar-refractivity contribution < 1.29 is 14.3 Å². The summed E-state index contributed by atoms with van der Waals surface area (Å²) in [6, 6.07) is 3.10. The smallest absolute Gasteiger partial charge is 0.189 e. The van der Waals surface area contributed by atoms with Crippen LogP contribution in [0.4, 0.5) is 0 Å². The lowest BCUT2D eigenvalue weighted by Gasteiger charge is -2.09. The van der Waals surface area contributed by atoms with E-state index in [1.165, 1.54) is 37.9 Å². The van der Waals surface area contributed by atoms with Gasteiger partial charge in [-0.25, -0.2) is 0 Å². The SMILES string of the molecule is COc1cc(OC)c(C(=O)C=Cc2csnn2)cc1Cl. The molecule has 0 aliphatic rings. The normalized spacial score (nSPS) is 10.8. The average Bonchev–Trinajstić information content (AvgIpc) is 2.97. The molecular formula is C13H11ClN2O3S. The molecular weight excluding hydrogens is 300 g/mol. The van der Waals surface area contributed by atoms with Gasteiger partial charge >= 0.3 is 0 Å². The molecule has 2 rings (SSSR count). The Kier molecular flexibility index (Phi) is 4.70. The first-order chi connectivity index (χ1) is 9.65. The maximum atomic E-state index is 12.2. The highest BCUT2D eigenvalue weighted by molar-refractivity contribution is 7.03. The van der Waals surface area contributed by atoms with E-state index >= 15 is 0 Å². The number of hydrogen-bond acceptors (Lipinski definition) is 6. The molecule has 0 saturated heterocycles. The summed E-state index contributed by atoms with van der Waals surface area (Å²) in [4.78, 5) is 12.2. The van der Waals surface area contributed by atoms with Crippen LogP contribution in [0, 0.1) is 0 Å². The zero-order valence-electron chi connectivity index (χ0n) is 10.8. The van der Waals surface area contributed by atoms with Crippen LogP contribution < -0.4 is 9.47 Å². The number of rotatable bonds is 5. The van der Waals surface area contributed by atoms with E-state index in [9.17, 15) is 4.79 Å². The molecule has 0 unspecified atom stereocenters. The van der Waals surface area contributed by atoms with E-state index in [1.807, 2.05) is 0 Å². The van der Waals surface area contributed by atoms with Crippen LogP contribution in [0.5, 0.6) is 11.5 Å². The van der Waals surface area contributed by atoms with Crippen molar-refractivity contribution in [2.24, 2.45) is 0 Å². The largest absolute Gasteiger partial charge is 0.496 e. The van der Waals surface area contributed by atoms with Crippen molar-refractivity contribution in [3.63, 3.8) is 0 Å². The Morgan fingerprint density at radius 2 is 2.05 bits per heavy atom. The molecule has 0 saturated carbocycles. The zero-order valence-corrected chi connectivity index (χ0v) is 12.4. The molecule has 20 heavy (non-hydrogen) atoms. The third-order valence-electron chi connectivity index (χ3n) is 2.52. The molecule has 0 aliphatic heterocycles. The molecule has 0 spiro atoms. The van der Waals surface area contributed by atoms with Gasteiger partial charge in [-0.05, 0) is 29.8 Å². The molecule has 0 atom stereocenters. The molecule has 2 aromatic rings. The summed E-state index contributed by atoms with van der Waals surface area (Å²) in [5, 5.41) is 5.91. The van der Waals surface area contributed by atoms with Crippen molar-refractivity contribution in [2.45, 2.75) is 0 Å². The van der Waals surface area contributed by atoms with Gasteiger partial charge in [-0.2, -0.15) is 0 Å². The number of methoxy groups -OCH3 is 2. The van der Waals surface area contributed by atoms with E-state index in [0.717, 1.165) is 0 Å². The molecule has 104 valence electrons. The van der Waals surface area contributed by atoms with Crippen LogP contribution in [-0.4, -0.2) is 29.6 Å². The molecule has 0 N–H and O–H groups in total. The summed E-state index contributed by atoms with van der Waals surface area (Å²) in [5.41, 5.74) is 0.986. The Hall–Kier alpha value is -1.92. The van der Waals surface area contributed by atoms with E-state index < -0.39 is 0 Å². The van der Waals surface area contributed by atoms with Crippen LogP contribution in [0.25, 0.3) is 6.08 Å². The second-order valence-electron chi connectivity index (χ2n) is 3.71. The van der Waals surface area contributed by atoms with Gasteiger partial charge in [-0.3, -0.25) is 4.79 Å². The van der Waals surface area contributed by atoms with Crippen LogP contribution in [0.1, 0.15) is 16.1 Å². The zero-order chi connectivity index (χ0) is 14.5. The highest BCUT2D eigenvalue weighted by atomic mass is 35.5. The van der Waals surface area contributed by atoms with Crippen LogP contribution >= 0.6 is 23.1 Å². The molecule has 0 aliphatic carbocycles. The monoisotopic (exact) mass is 310 g/mol. The summed E-state index contributed by atoms with van der Waals surface area (Å²) in [5.74, 6) is 0.615. The number of aromatic nitrogens is 2. The predicted molar refractivity (Wildman–Crippen MR) is 77.8 cm³/mol. The fourth-order valence-corrected chi connectivity index (χ4v) is 2.21. The minimum atomic E-state index is -0.237. The van der Waals surface area contributed by atoms with Gasteiger partial charge in [0.2, 0.25) is 0 Å². The van der Waals surface area contributed by atoms with Crippen LogP contribution in [0.2, 0.25) is 5.02 Å². The average molecular weight is 311 g/mol. The van der Waals surface area contributed by atoms with E-state index in [0.29, 0.717) is 27.8 Å². The van der Waals surface area contributed by atoms with Gasteiger partial charge in [0.25, 0.3) is 0 Å². The highest BCUT2D eigenvalue weighted by Crippen LogP contribution is 2.32. The molecule has 1 aromatic carbocycles. The number of halogens is 1. The maximum Gasteiger partial charge on any atom is 0.189 e. The Morgan fingerprint density at radius 1 is 1.30 bits per heavy atom. The molecule has 0 fully saturated rings. The van der Waals surface area contributed by atoms with Gasteiger partial charge in [0, 0.05) is 11.4 Å². The minimum absolute atomic E-state index is 0.237. The van der Waals surface area contributed by atoms with E-state index in [1.54, 1.807) is 17.5 Å². The topological polar surface area (TPSA) is 61.3 Å². The standard InChI is InChI=1S/C13H11ClN2O3S/c1-18-12-6-13(19-2)10(14)5-9(12)11(17)4-3-8-7-20-16-15-8/h3-7H,1-2H3. The number of nitrogens with zero attached hydrogens (tertiary/aromatic N) is 2. The number of carbonyl (C=O) groups excluding carboxylic acids is 1. The Morgan fingerprint density at radius 3 is 2.65 bits per heavy atom. The molecule has 7 heteroatoms. The molecule has 0 amide bonds. The van der Waals surface area contributed by atoms with Gasteiger partial charge in [0.1, 0.15) is 11.5 Å². The Balaban J connectivity index is 2.31. The second kappa shape index (κ2) is 6.49. The van der Waals surface area contributed by atoms with Crippen molar-refractivity contribution in [1.82, 2.24) is 9.59 Å². The summed E-state index contributed by atoms with van der Waals surface area (Å²) >= 11 is 7.24. The van der Waals surface area contributed by atoms with Crippen molar-refractivity contribution in [3.05, 3.63) is 39.9 Å². The van der Waals surface area contributed by atoms with Gasteiger partial charge in [-0.1, -0.05) is 16.1 Å². The quantitative estimate of drug-likeness (QED) is 0.627. The summed E-state index contributed by atoms with van der Waals surface area (Å²) < 4.78 is 14.0. The number of allylic oxidation sites excluding steroid dienone is 1. The van der Waals surface area contributed by atoms with E-state index in [-0.39, 0.29) is 5.78 Å². The fourth-order valence-electron chi connectivity index (χ4n) is 1.55. The third-order valence-corrected chi connectivity index (χ3v) is 3.34. The number of benzene rings is 1. The number of ether oxygens (including phenoxy) is 2. The van der Waals surface area contributed by atoms with E-state index in [2.05, 4.69) is 9.59 Å². The maximum absolute atomic E-state index is 12.2. The van der Waals surface area contributed by atoms with Crippen molar-refractivity contribution in [1.29, 1.82) is 0 Å².